The summed E-state index contributed by atoms with van der Waals surface area (Å²) in [6.45, 7) is 3.31. The molecule has 2 nitrogen and oxygen atoms in total. The Morgan fingerprint density at radius 3 is 3.00 bits per heavy atom. The first kappa shape index (κ1) is 10.9. The van der Waals surface area contributed by atoms with Gasteiger partial charge in [-0.2, -0.15) is 0 Å². The number of likely N-dealkylation sites (tertiary alicyclic amines) is 1. The van der Waals surface area contributed by atoms with Crippen molar-refractivity contribution in [3.8, 4) is 0 Å². The number of hydrogen-bond acceptors (Lipinski definition) is 2. The standard InChI is InChI=1S/C12H17ClN2/c1-3-9-7-10(8-14-12(9)13)11-5-4-6-15(11)2/h7-8,11H,3-6H2,1-2H3/t11-/m0/s1. The van der Waals surface area contributed by atoms with Crippen molar-refractivity contribution < 1.29 is 0 Å². The molecule has 1 aromatic rings. The molecule has 0 unspecified atom stereocenters. The molecule has 0 spiro atoms. The number of aryl methyl sites for hydroxylation is 1. The van der Waals surface area contributed by atoms with E-state index in [1.165, 1.54) is 24.9 Å². The molecule has 0 radical (unpaired) electrons. The van der Waals surface area contributed by atoms with Crippen LogP contribution in [0.1, 0.15) is 36.9 Å². The maximum Gasteiger partial charge on any atom is 0.132 e. The van der Waals surface area contributed by atoms with E-state index < -0.39 is 0 Å². The van der Waals surface area contributed by atoms with Crippen molar-refractivity contribution in [2.24, 2.45) is 0 Å². The lowest BCUT2D eigenvalue weighted by Crippen LogP contribution is -2.17. The van der Waals surface area contributed by atoms with Crippen molar-refractivity contribution in [2.45, 2.75) is 32.2 Å². The van der Waals surface area contributed by atoms with Crippen molar-refractivity contribution in [1.82, 2.24) is 9.88 Å². The maximum atomic E-state index is 6.01. The van der Waals surface area contributed by atoms with Crippen LogP contribution in [-0.4, -0.2) is 23.5 Å². The van der Waals surface area contributed by atoms with E-state index in [0.29, 0.717) is 11.2 Å². The summed E-state index contributed by atoms with van der Waals surface area (Å²) in [6.07, 6.45) is 5.40. The first-order valence-electron chi connectivity index (χ1n) is 5.57. The average Bonchev–Trinajstić information content (AvgIpc) is 2.65. The van der Waals surface area contributed by atoms with Gasteiger partial charge in [0, 0.05) is 12.2 Å². The predicted octanol–water partition coefficient (Wildman–Crippen LogP) is 3.06. The molecule has 15 heavy (non-hydrogen) atoms. The highest BCUT2D eigenvalue weighted by atomic mass is 35.5. The van der Waals surface area contributed by atoms with Gasteiger partial charge in [-0.25, -0.2) is 4.98 Å². The molecule has 0 aromatic carbocycles. The Bertz CT molecular complexity index is 351. The van der Waals surface area contributed by atoms with Crippen LogP contribution in [0.3, 0.4) is 0 Å². The van der Waals surface area contributed by atoms with Crippen LogP contribution in [0, 0.1) is 0 Å². The molecule has 2 heterocycles. The van der Waals surface area contributed by atoms with Gasteiger partial charge in [-0.1, -0.05) is 18.5 Å². The van der Waals surface area contributed by atoms with E-state index in [2.05, 4.69) is 29.9 Å². The molecule has 82 valence electrons. The Labute approximate surface area is 96.3 Å². The summed E-state index contributed by atoms with van der Waals surface area (Å²) in [6, 6.07) is 2.75. The van der Waals surface area contributed by atoms with Gasteiger partial charge in [0.25, 0.3) is 0 Å². The smallest absolute Gasteiger partial charge is 0.132 e. The zero-order chi connectivity index (χ0) is 10.8. The summed E-state index contributed by atoms with van der Waals surface area (Å²) >= 11 is 6.01. The number of hydrogen-bond donors (Lipinski definition) is 0. The second-order valence-electron chi connectivity index (χ2n) is 4.21. The highest BCUT2D eigenvalue weighted by molar-refractivity contribution is 6.30. The minimum atomic E-state index is 0.542. The monoisotopic (exact) mass is 224 g/mol. The molecule has 0 aliphatic carbocycles. The molecule has 0 N–H and O–H groups in total. The van der Waals surface area contributed by atoms with E-state index in [1.807, 2.05) is 6.20 Å². The third-order valence-corrected chi connectivity index (χ3v) is 3.56. The maximum absolute atomic E-state index is 6.01. The molecule has 0 bridgehead atoms. The third kappa shape index (κ3) is 2.16. The van der Waals surface area contributed by atoms with Gasteiger partial charge in [-0.05, 0) is 50.0 Å². The van der Waals surface area contributed by atoms with Crippen LogP contribution in [0.15, 0.2) is 12.3 Å². The van der Waals surface area contributed by atoms with Crippen molar-refractivity contribution in [1.29, 1.82) is 0 Å². The largest absolute Gasteiger partial charge is 0.299 e. The average molecular weight is 225 g/mol. The van der Waals surface area contributed by atoms with Gasteiger partial charge in [0.05, 0.1) is 0 Å². The van der Waals surface area contributed by atoms with Crippen LogP contribution in [0.5, 0.6) is 0 Å². The van der Waals surface area contributed by atoms with Crippen LogP contribution in [-0.2, 0) is 6.42 Å². The first-order chi connectivity index (χ1) is 7.22. The lowest BCUT2D eigenvalue weighted by molar-refractivity contribution is 0.317. The van der Waals surface area contributed by atoms with Crippen LogP contribution >= 0.6 is 11.6 Å². The third-order valence-electron chi connectivity index (χ3n) is 3.22. The molecule has 0 amide bonds. The molecule has 1 atom stereocenters. The van der Waals surface area contributed by atoms with Crippen molar-refractivity contribution in [3.63, 3.8) is 0 Å². The van der Waals surface area contributed by atoms with Gasteiger partial charge in [0.15, 0.2) is 0 Å². The highest BCUT2D eigenvalue weighted by Gasteiger charge is 2.23. The quantitative estimate of drug-likeness (QED) is 0.718. The zero-order valence-corrected chi connectivity index (χ0v) is 10.1. The number of aromatic nitrogens is 1. The highest BCUT2D eigenvalue weighted by Crippen LogP contribution is 2.31. The van der Waals surface area contributed by atoms with Crippen molar-refractivity contribution >= 4 is 11.6 Å². The summed E-state index contributed by atoms with van der Waals surface area (Å²) in [5.74, 6) is 0. The molecule has 2 rings (SSSR count). The lowest BCUT2D eigenvalue weighted by atomic mass is 10.0. The number of nitrogens with zero attached hydrogens (tertiary/aromatic N) is 2. The van der Waals surface area contributed by atoms with Crippen LogP contribution < -0.4 is 0 Å². The predicted molar refractivity (Wildman–Crippen MR) is 63.2 cm³/mol. The molecule has 1 aliphatic heterocycles. The van der Waals surface area contributed by atoms with Gasteiger partial charge < -0.3 is 0 Å². The number of pyridine rings is 1. The molecule has 1 aliphatic rings. The summed E-state index contributed by atoms with van der Waals surface area (Å²) in [4.78, 5) is 6.66. The normalized spacial score (nSPS) is 22.2. The minimum Gasteiger partial charge on any atom is -0.299 e. The van der Waals surface area contributed by atoms with E-state index >= 15 is 0 Å². The molecule has 1 fully saturated rings. The van der Waals surface area contributed by atoms with Gasteiger partial charge in [-0.15, -0.1) is 0 Å². The molecule has 3 heteroatoms. The fourth-order valence-corrected chi connectivity index (χ4v) is 2.51. The summed E-state index contributed by atoms with van der Waals surface area (Å²) in [5.41, 5.74) is 2.48. The van der Waals surface area contributed by atoms with Gasteiger partial charge in [-0.3, -0.25) is 4.90 Å². The fourth-order valence-electron chi connectivity index (χ4n) is 2.27. The van der Waals surface area contributed by atoms with E-state index in [-0.39, 0.29) is 0 Å². The Kier molecular flexibility index (Phi) is 3.27. The van der Waals surface area contributed by atoms with Crippen LogP contribution in [0.2, 0.25) is 5.15 Å². The van der Waals surface area contributed by atoms with Gasteiger partial charge >= 0.3 is 0 Å². The second-order valence-corrected chi connectivity index (χ2v) is 4.57. The Hall–Kier alpha value is -0.600. The SMILES string of the molecule is CCc1cc([C@@H]2CCCN2C)cnc1Cl. The summed E-state index contributed by atoms with van der Waals surface area (Å²) < 4.78 is 0. The lowest BCUT2D eigenvalue weighted by Gasteiger charge is -2.20. The zero-order valence-electron chi connectivity index (χ0n) is 9.33. The summed E-state index contributed by atoms with van der Waals surface area (Å²) in [5, 5.41) is 0.655. The topological polar surface area (TPSA) is 16.1 Å². The van der Waals surface area contributed by atoms with E-state index in [0.717, 1.165) is 12.0 Å². The molecule has 0 saturated carbocycles. The number of rotatable bonds is 2. The van der Waals surface area contributed by atoms with E-state index in [4.69, 9.17) is 11.6 Å². The van der Waals surface area contributed by atoms with Crippen LogP contribution in [0.4, 0.5) is 0 Å². The van der Waals surface area contributed by atoms with Gasteiger partial charge in [0.2, 0.25) is 0 Å². The van der Waals surface area contributed by atoms with Gasteiger partial charge in [0.1, 0.15) is 5.15 Å². The molecular weight excluding hydrogens is 208 g/mol. The van der Waals surface area contributed by atoms with Crippen molar-refractivity contribution in [3.05, 3.63) is 28.5 Å². The van der Waals surface area contributed by atoms with E-state index in [9.17, 15) is 0 Å². The first-order valence-corrected chi connectivity index (χ1v) is 5.94. The Morgan fingerprint density at radius 1 is 1.60 bits per heavy atom. The van der Waals surface area contributed by atoms with Crippen LogP contribution in [0.25, 0.3) is 0 Å². The Morgan fingerprint density at radius 2 is 2.40 bits per heavy atom. The minimum absolute atomic E-state index is 0.542. The molecular formula is C12H17ClN2. The Balaban J connectivity index is 2.28. The molecule has 1 aromatic heterocycles. The van der Waals surface area contributed by atoms with E-state index in [1.54, 1.807) is 0 Å². The summed E-state index contributed by atoms with van der Waals surface area (Å²) in [7, 11) is 2.18. The number of halogens is 1. The van der Waals surface area contributed by atoms with Crippen molar-refractivity contribution in [2.75, 3.05) is 13.6 Å². The fraction of sp³-hybridized carbons (Fsp3) is 0.583. The second kappa shape index (κ2) is 4.50. The molecule has 1 saturated heterocycles.